The van der Waals surface area contributed by atoms with Crippen LogP contribution < -0.4 is 0 Å². The molecule has 1 unspecified atom stereocenters. The zero-order chi connectivity index (χ0) is 20.2. The highest BCUT2D eigenvalue weighted by Gasteiger charge is 2.21. The zero-order valence-electron chi connectivity index (χ0n) is 17.3. The van der Waals surface area contributed by atoms with Crippen LogP contribution in [0.2, 0.25) is 0 Å². The Morgan fingerprint density at radius 2 is 1.48 bits per heavy atom. The van der Waals surface area contributed by atoms with Crippen molar-refractivity contribution in [3.63, 3.8) is 0 Å². The van der Waals surface area contributed by atoms with Crippen molar-refractivity contribution in [2.45, 2.75) is 96.8 Å². The first kappa shape index (κ1) is 25.4. The van der Waals surface area contributed by atoms with Crippen LogP contribution in [0.1, 0.15) is 96.8 Å². The molecule has 0 radical (unpaired) electrons. The van der Waals surface area contributed by atoms with E-state index in [0.29, 0.717) is 6.42 Å². The second-order valence-corrected chi connectivity index (χ2v) is 7.20. The van der Waals surface area contributed by atoms with Gasteiger partial charge in [0.05, 0.1) is 12.3 Å². The normalized spacial score (nSPS) is 12.2. The SMILES string of the molecule is C=CCOC(=O)CC(CCCCCCCCCCCC/C=C/CC)C(=O)O. The van der Waals surface area contributed by atoms with Gasteiger partial charge in [-0.25, -0.2) is 0 Å². The van der Waals surface area contributed by atoms with Crippen LogP contribution in [0.3, 0.4) is 0 Å². The van der Waals surface area contributed by atoms with Gasteiger partial charge >= 0.3 is 11.9 Å². The lowest BCUT2D eigenvalue weighted by Crippen LogP contribution is -2.19. The van der Waals surface area contributed by atoms with Crippen molar-refractivity contribution in [3.05, 3.63) is 24.8 Å². The van der Waals surface area contributed by atoms with Gasteiger partial charge in [-0.05, 0) is 25.7 Å². The van der Waals surface area contributed by atoms with E-state index in [1.807, 2.05) is 0 Å². The molecule has 156 valence electrons. The molecule has 0 aliphatic rings. The Labute approximate surface area is 166 Å². The molecule has 0 saturated carbocycles. The van der Waals surface area contributed by atoms with Crippen LogP contribution in [0.15, 0.2) is 24.8 Å². The van der Waals surface area contributed by atoms with E-state index in [4.69, 9.17) is 4.74 Å². The van der Waals surface area contributed by atoms with Crippen LogP contribution in [0.5, 0.6) is 0 Å². The second-order valence-electron chi connectivity index (χ2n) is 7.20. The summed E-state index contributed by atoms with van der Waals surface area (Å²) in [5.74, 6) is -1.99. The summed E-state index contributed by atoms with van der Waals surface area (Å²) in [5.41, 5.74) is 0. The van der Waals surface area contributed by atoms with E-state index in [2.05, 4.69) is 25.7 Å². The molecule has 1 N–H and O–H groups in total. The number of hydrogen-bond donors (Lipinski definition) is 1. The van der Waals surface area contributed by atoms with E-state index >= 15 is 0 Å². The third kappa shape index (κ3) is 17.6. The zero-order valence-corrected chi connectivity index (χ0v) is 17.3. The number of ether oxygens (including phenoxy) is 1. The smallest absolute Gasteiger partial charge is 0.307 e. The molecule has 0 aromatic rings. The molecule has 0 bridgehead atoms. The van der Waals surface area contributed by atoms with Gasteiger partial charge in [0.1, 0.15) is 6.61 Å². The standard InChI is InChI=1S/C23H40O4/c1-3-5-6-7-8-9-10-11-12-13-14-15-16-17-18-21(23(25)26)20-22(24)27-19-4-2/h4-6,21H,2-3,7-20H2,1H3,(H,25,26)/b6-5+. The van der Waals surface area contributed by atoms with Crippen LogP contribution >= 0.6 is 0 Å². The predicted molar refractivity (Wildman–Crippen MR) is 112 cm³/mol. The minimum Gasteiger partial charge on any atom is -0.481 e. The van der Waals surface area contributed by atoms with Crippen molar-refractivity contribution in [2.24, 2.45) is 5.92 Å². The molecule has 0 aromatic carbocycles. The van der Waals surface area contributed by atoms with Crippen molar-refractivity contribution >= 4 is 11.9 Å². The van der Waals surface area contributed by atoms with E-state index < -0.39 is 17.9 Å². The molecule has 0 rings (SSSR count). The first-order valence-electron chi connectivity index (χ1n) is 10.8. The first-order valence-corrected chi connectivity index (χ1v) is 10.8. The molecule has 0 fully saturated rings. The summed E-state index contributed by atoms with van der Waals surface area (Å²) in [6.45, 7) is 5.78. The lowest BCUT2D eigenvalue weighted by Gasteiger charge is -2.11. The van der Waals surface area contributed by atoms with Gasteiger partial charge in [-0.3, -0.25) is 9.59 Å². The Morgan fingerprint density at radius 1 is 0.926 bits per heavy atom. The molecule has 0 spiro atoms. The van der Waals surface area contributed by atoms with E-state index in [-0.39, 0.29) is 13.0 Å². The number of carbonyl (C=O) groups excluding carboxylic acids is 1. The summed E-state index contributed by atoms with van der Waals surface area (Å²) in [6, 6.07) is 0. The third-order valence-electron chi connectivity index (χ3n) is 4.70. The summed E-state index contributed by atoms with van der Waals surface area (Å²) >= 11 is 0. The summed E-state index contributed by atoms with van der Waals surface area (Å²) in [6.07, 6.45) is 21.0. The van der Waals surface area contributed by atoms with Crippen LogP contribution in [0.25, 0.3) is 0 Å². The molecular formula is C23H40O4. The van der Waals surface area contributed by atoms with E-state index in [1.54, 1.807) is 0 Å². The van der Waals surface area contributed by atoms with Crippen LogP contribution in [-0.4, -0.2) is 23.7 Å². The lowest BCUT2D eigenvalue weighted by molar-refractivity contribution is -0.151. The van der Waals surface area contributed by atoms with Gasteiger partial charge in [0.25, 0.3) is 0 Å². The molecule has 0 aromatic heterocycles. The van der Waals surface area contributed by atoms with Crippen molar-refractivity contribution in [3.8, 4) is 0 Å². The summed E-state index contributed by atoms with van der Waals surface area (Å²) in [4.78, 5) is 22.8. The van der Waals surface area contributed by atoms with Crippen LogP contribution in [0.4, 0.5) is 0 Å². The number of aliphatic carboxylic acids is 1. The Hall–Kier alpha value is -1.58. The number of rotatable bonds is 19. The summed E-state index contributed by atoms with van der Waals surface area (Å²) < 4.78 is 4.87. The molecule has 0 saturated heterocycles. The van der Waals surface area contributed by atoms with Gasteiger partial charge < -0.3 is 9.84 Å². The number of carboxylic acids is 1. The number of hydrogen-bond acceptors (Lipinski definition) is 3. The van der Waals surface area contributed by atoms with Gasteiger partial charge in [0.15, 0.2) is 0 Å². The molecule has 0 heterocycles. The Kier molecular flexibility index (Phi) is 18.1. The molecule has 0 amide bonds. The Bertz CT molecular complexity index is 415. The highest BCUT2D eigenvalue weighted by molar-refractivity contribution is 5.78. The monoisotopic (exact) mass is 380 g/mol. The minimum atomic E-state index is -0.907. The van der Waals surface area contributed by atoms with E-state index in [9.17, 15) is 14.7 Å². The summed E-state index contributed by atoms with van der Waals surface area (Å²) in [5, 5.41) is 9.22. The van der Waals surface area contributed by atoms with E-state index in [0.717, 1.165) is 25.7 Å². The largest absolute Gasteiger partial charge is 0.481 e. The van der Waals surface area contributed by atoms with Gasteiger partial charge in [0.2, 0.25) is 0 Å². The Morgan fingerprint density at radius 3 is 2.00 bits per heavy atom. The molecule has 0 aliphatic heterocycles. The molecule has 4 heteroatoms. The highest BCUT2D eigenvalue weighted by atomic mass is 16.5. The molecular weight excluding hydrogens is 340 g/mol. The Balaban J connectivity index is 3.52. The van der Waals surface area contributed by atoms with E-state index in [1.165, 1.54) is 57.4 Å². The van der Waals surface area contributed by atoms with Gasteiger partial charge in [-0.15, -0.1) is 0 Å². The van der Waals surface area contributed by atoms with Crippen molar-refractivity contribution < 1.29 is 19.4 Å². The number of unbranched alkanes of at least 4 members (excludes halogenated alkanes) is 10. The van der Waals surface area contributed by atoms with Crippen molar-refractivity contribution in [1.29, 1.82) is 0 Å². The third-order valence-corrected chi connectivity index (χ3v) is 4.70. The number of carboxylic acid groups (broad SMARTS) is 1. The molecule has 1 atom stereocenters. The number of esters is 1. The fourth-order valence-corrected chi connectivity index (χ4v) is 3.08. The average molecular weight is 381 g/mol. The maximum atomic E-state index is 11.5. The topological polar surface area (TPSA) is 63.6 Å². The van der Waals surface area contributed by atoms with Gasteiger partial charge in [0, 0.05) is 0 Å². The second kappa shape index (κ2) is 19.2. The van der Waals surface area contributed by atoms with Gasteiger partial charge in [-0.1, -0.05) is 89.5 Å². The molecule has 4 nitrogen and oxygen atoms in total. The fraction of sp³-hybridized carbons (Fsp3) is 0.739. The van der Waals surface area contributed by atoms with Gasteiger partial charge in [-0.2, -0.15) is 0 Å². The first-order chi connectivity index (χ1) is 13.1. The average Bonchev–Trinajstić information content (AvgIpc) is 2.65. The quantitative estimate of drug-likeness (QED) is 0.159. The molecule has 0 aliphatic carbocycles. The van der Waals surface area contributed by atoms with Crippen LogP contribution in [-0.2, 0) is 14.3 Å². The van der Waals surface area contributed by atoms with Crippen molar-refractivity contribution in [1.82, 2.24) is 0 Å². The number of allylic oxidation sites excluding steroid dienone is 2. The lowest BCUT2D eigenvalue weighted by atomic mass is 9.97. The van der Waals surface area contributed by atoms with Crippen LogP contribution in [0, 0.1) is 5.92 Å². The maximum Gasteiger partial charge on any atom is 0.307 e. The highest BCUT2D eigenvalue weighted by Crippen LogP contribution is 2.17. The summed E-state index contributed by atoms with van der Waals surface area (Å²) in [7, 11) is 0. The van der Waals surface area contributed by atoms with Crippen molar-refractivity contribution in [2.75, 3.05) is 6.61 Å². The predicted octanol–water partition coefficient (Wildman–Crippen LogP) is 6.45. The minimum absolute atomic E-state index is 0.0442. The fourth-order valence-electron chi connectivity index (χ4n) is 3.08. The number of carbonyl (C=O) groups is 2. The molecule has 27 heavy (non-hydrogen) atoms. The maximum absolute atomic E-state index is 11.5.